The molecular formula is C19H21FO2S2. The molecule has 1 saturated heterocycles. The summed E-state index contributed by atoms with van der Waals surface area (Å²) < 4.78 is 18.2. The van der Waals surface area contributed by atoms with Gasteiger partial charge in [0, 0.05) is 9.75 Å². The summed E-state index contributed by atoms with van der Waals surface area (Å²) in [4.78, 5) is 14.5. The minimum absolute atomic E-state index is 0.122. The summed E-state index contributed by atoms with van der Waals surface area (Å²) in [5.41, 5.74) is 1.01. The van der Waals surface area contributed by atoms with E-state index in [0.29, 0.717) is 13.0 Å². The van der Waals surface area contributed by atoms with Crippen molar-refractivity contribution < 1.29 is 13.9 Å². The van der Waals surface area contributed by atoms with Gasteiger partial charge in [-0.1, -0.05) is 18.6 Å². The Bertz CT molecular complexity index is 688. The lowest BCUT2D eigenvalue weighted by atomic mass is 9.95. The predicted octanol–water partition coefficient (Wildman–Crippen LogP) is 5.62. The molecule has 3 rings (SSSR count). The fourth-order valence-electron chi connectivity index (χ4n) is 3.07. The van der Waals surface area contributed by atoms with E-state index < -0.39 is 0 Å². The van der Waals surface area contributed by atoms with Gasteiger partial charge in [-0.3, -0.25) is 4.79 Å². The lowest BCUT2D eigenvalue weighted by Crippen LogP contribution is -2.29. The van der Waals surface area contributed by atoms with Gasteiger partial charge in [-0.05, 0) is 55.3 Å². The van der Waals surface area contributed by atoms with Gasteiger partial charge in [-0.15, -0.1) is 23.1 Å². The van der Waals surface area contributed by atoms with Crippen molar-refractivity contribution in [1.82, 2.24) is 0 Å². The van der Waals surface area contributed by atoms with Crippen molar-refractivity contribution in [3.63, 3.8) is 0 Å². The molecule has 1 unspecified atom stereocenters. The number of thiophene rings is 1. The second-order valence-electron chi connectivity index (χ2n) is 5.95. The van der Waals surface area contributed by atoms with Gasteiger partial charge >= 0.3 is 5.97 Å². The number of carbonyl (C=O) groups excluding carboxylic acids is 1. The Kier molecular flexibility index (Phi) is 5.61. The number of rotatable bonds is 5. The molecule has 0 saturated carbocycles. The van der Waals surface area contributed by atoms with Gasteiger partial charge in [0.15, 0.2) is 0 Å². The van der Waals surface area contributed by atoms with Crippen molar-refractivity contribution in [3.8, 4) is 10.4 Å². The van der Waals surface area contributed by atoms with E-state index in [-0.39, 0.29) is 16.5 Å². The zero-order valence-electron chi connectivity index (χ0n) is 13.7. The van der Waals surface area contributed by atoms with E-state index in [1.54, 1.807) is 23.5 Å². The quantitative estimate of drug-likeness (QED) is 0.644. The van der Waals surface area contributed by atoms with Crippen molar-refractivity contribution in [2.75, 3.05) is 12.4 Å². The number of hydrogen-bond acceptors (Lipinski definition) is 4. The molecule has 0 bridgehead atoms. The van der Waals surface area contributed by atoms with E-state index in [0.717, 1.165) is 29.0 Å². The second kappa shape index (κ2) is 7.70. The summed E-state index contributed by atoms with van der Waals surface area (Å²) in [6.45, 7) is 2.27. The molecule has 1 aliphatic rings. The Morgan fingerprint density at radius 1 is 1.21 bits per heavy atom. The molecule has 2 nitrogen and oxygen atoms in total. The number of esters is 1. The molecule has 0 N–H and O–H groups in total. The Morgan fingerprint density at radius 3 is 2.67 bits per heavy atom. The summed E-state index contributed by atoms with van der Waals surface area (Å²) in [5.74, 6) is 0.726. The first kappa shape index (κ1) is 17.5. The van der Waals surface area contributed by atoms with Gasteiger partial charge < -0.3 is 4.74 Å². The number of carbonyl (C=O) groups is 1. The average molecular weight is 365 g/mol. The van der Waals surface area contributed by atoms with E-state index in [1.807, 2.05) is 18.7 Å². The van der Waals surface area contributed by atoms with Crippen LogP contribution in [0.2, 0.25) is 0 Å². The minimum Gasteiger partial charge on any atom is -0.466 e. The third kappa shape index (κ3) is 3.83. The van der Waals surface area contributed by atoms with E-state index in [9.17, 15) is 9.18 Å². The van der Waals surface area contributed by atoms with Gasteiger partial charge in [0.05, 0.1) is 17.8 Å². The summed E-state index contributed by atoms with van der Waals surface area (Å²) >= 11 is 3.58. The predicted molar refractivity (Wildman–Crippen MR) is 99.0 cm³/mol. The average Bonchev–Trinajstić information content (AvgIpc) is 3.07. The highest BCUT2D eigenvalue weighted by Crippen LogP contribution is 2.51. The van der Waals surface area contributed by atoms with Gasteiger partial charge in [-0.2, -0.15) is 0 Å². The normalized spacial score (nSPS) is 20.8. The van der Waals surface area contributed by atoms with E-state index in [1.165, 1.54) is 23.4 Å². The smallest absolute Gasteiger partial charge is 0.307 e. The van der Waals surface area contributed by atoms with Crippen LogP contribution in [0.3, 0.4) is 0 Å². The molecular weight excluding hydrogens is 343 g/mol. The summed E-state index contributed by atoms with van der Waals surface area (Å²) in [6.07, 6.45) is 3.76. The number of benzene rings is 1. The largest absolute Gasteiger partial charge is 0.466 e. The first-order valence-electron chi connectivity index (χ1n) is 8.29. The van der Waals surface area contributed by atoms with Gasteiger partial charge in [0.2, 0.25) is 0 Å². The van der Waals surface area contributed by atoms with Crippen molar-refractivity contribution >= 4 is 29.1 Å². The van der Waals surface area contributed by atoms with Gasteiger partial charge in [0.1, 0.15) is 5.82 Å². The highest BCUT2D eigenvalue weighted by atomic mass is 32.2. The molecule has 2 aromatic rings. The van der Waals surface area contributed by atoms with Crippen molar-refractivity contribution in [2.45, 2.75) is 37.4 Å². The summed E-state index contributed by atoms with van der Waals surface area (Å²) in [5, 5.41) is 0. The third-order valence-corrected chi connectivity index (χ3v) is 7.35. The highest BCUT2D eigenvalue weighted by Gasteiger charge is 2.38. The third-order valence-electron chi connectivity index (χ3n) is 4.27. The number of thioether (sulfide) groups is 1. The van der Waals surface area contributed by atoms with Crippen LogP contribution in [-0.2, 0) is 14.3 Å². The molecule has 1 aromatic carbocycles. The topological polar surface area (TPSA) is 26.3 Å². The number of hydrogen-bond donors (Lipinski definition) is 0. The first-order valence-corrected chi connectivity index (χ1v) is 10.1. The van der Waals surface area contributed by atoms with Crippen LogP contribution in [0, 0.1) is 5.82 Å². The molecule has 5 heteroatoms. The zero-order chi connectivity index (χ0) is 17.0. The van der Waals surface area contributed by atoms with Crippen LogP contribution >= 0.6 is 23.1 Å². The molecule has 0 radical (unpaired) electrons. The molecule has 0 amide bonds. The molecule has 0 aliphatic carbocycles. The van der Waals surface area contributed by atoms with Crippen LogP contribution in [-0.4, -0.2) is 18.3 Å². The Labute approximate surface area is 150 Å². The van der Waals surface area contributed by atoms with E-state index in [4.69, 9.17) is 4.74 Å². The van der Waals surface area contributed by atoms with Crippen LogP contribution < -0.4 is 0 Å². The SMILES string of the molecule is CCOC(=O)CC1(c2ccc(-c3ccc(F)cc3)s2)CCCCS1. The van der Waals surface area contributed by atoms with Crippen LogP contribution in [0.1, 0.15) is 37.5 Å². The fourth-order valence-corrected chi connectivity index (χ4v) is 5.95. The first-order chi connectivity index (χ1) is 11.6. The lowest BCUT2D eigenvalue weighted by molar-refractivity contribution is -0.143. The number of halogens is 1. The standard InChI is InChI=1S/C19H21FO2S2/c1-2-22-18(21)13-19(11-3-4-12-23-19)17-10-9-16(24-17)14-5-7-15(20)8-6-14/h5-10H,2-4,11-13H2,1H3. The van der Waals surface area contributed by atoms with Crippen molar-refractivity contribution in [1.29, 1.82) is 0 Å². The Morgan fingerprint density at radius 2 is 2.00 bits per heavy atom. The van der Waals surface area contributed by atoms with Gasteiger partial charge in [-0.25, -0.2) is 4.39 Å². The maximum Gasteiger partial charge on any atom is 0.307 e. The maximum atomic E-state index is 13.1. The maximum absolute atomic E-state index is 13.1. The molecule has 24 heavy (non-hydrogen) atoms. The van der Waals surface area contributed by atoms with Crippen molar-refractivity contribution in [3.05, 3.63) is 47.1 Å². The Balaban J connectivity index is 1.88. The lowest BCUT2D eigenvalue weighted by Gasteiger charge is -2.35. The molecule has 1 atom stereocenters. The zero-order valence-corrected chi connectivity index (χ0v) is 15.4. The van der Waals surface area contributed by atoms with Crippen LogP contribution in [0.25, 0.3) is 10.4 Å². The Hall–Kier alpha value is -1.33. The molecule has 1 aromatic heterocycles. The molecule has 1 aliphatic heterocycles. The molecule has 128 valence electrons. The van der Waals surface area contributed by atoms with Crippen LogP contribution in [0.5, 0.6) is 0 Å². The fraction of sp³-hybridized carbons (Fsp3) is 0.421. The summed E-state index contributed by atoms with van der Waals surface area (Å²) in [6, 6.07) is 10.8. The minimum atomic E-state index is -0.225. The molecule has 2 heterocycles. The second-order valence-corrected chi connectivity index (χ2v) is 8.51. The molecule has 0 spiro atoms. The monoisotopic (exact) mass is 364 g/mol. The van der Waals surface area contributed by atoms with E-state index >= 15 is 0 Å². The van der Waals surface area contributed by atoms with Gasteiger partial charge in [0.25, 0.3) is 0 Å². The molecule has 1 fully saturated rings. The van der Waals surface area contributed by atoms with Crippen LogP contribution in [0.4, 0.5) is 4.39 Å². The highest BCUT2D eigenvalue weighted by molar-refractivity contribution is 8.00. The van der Waals surface area contributed by atoms with E-state index in [2.05, 4.69) is 12.1 Å². The van der Waals surface area contributed by atoms with Crippen LogP contribution in [0.15, 0.2) is 36.4 Å². The van der Waals surface area contributed by atoms with Crippen molar-refractivity contribution in [2.24, 2.45) is 0 Å². The summed E-state index contributed by atoms with van der Waals surface area (Å²) in [7, 11) is 0. The number of ether oxygens (including phenoxy) is 1.